The highest BCUT2D eigenvalue weighted by atomic mass is 16.7. The molecule has 1 aliphatic rings. The van der Waals surface area contributed by atoms with Crippen molar-refractivity contribution < 1.29 is 23.9 Å². The molecule has 3 aromatic carbocycles. The number of hydrogen-bond acceptors (Lipinski definition) is 7. The lowest BCUT2D eigenvalue weighted by Crippen LogP contribution is -2.29. The van der Waals surface area contributed by atoms with E-state index in [9.17, 15) is 14.4 Å². The largest absolute Gasteiger partial charge is 0.513 e. The fourth-order valence-electron chi connectivity index (χ4n) is 4.27. The molecule has 2 amide bonds. The second-order valence-corrected chi connectivity index (χ2v) is 9.42. The van der Waals surface area contributed by atoms with Crippen LogP contribution in [0, 0.1) is 0 Å². The van der Waals surface area contributed by atoms with Gasteiger partial charge in [-0.25, -0.2) is 4.79 Å². The van der Waals surface area contributed by atoms with Gasteiger partial charge in [0.15, 0.2) is 0 Å². The van der Waals surface area contributed by atoms with Crippen LogP contribution in [0.2, 0.25) is 0 Å². The number of anilines is 2. The first kappa shape index (κ1) is 27.4. The first-order chi connectivity index (χ1) is 18.8. The van der Waals surface area contributed by atoms with E-state index in [0.29, 0.717) is 34.6 Å². The van der Waals surface area contributed by atoms with E-state index in [2.05, 4.69) is 20.3 Å². The van der Waals surface area contributed by atoms with Gasteiger partial charge in [0, 0.05) is 36.5 Å². The highest BCUT2D eigenvalue weighted by Gasteiger charge is 2.29. The number of fused-ring (bicyclic) bond motifs is 1. The zero-order valence-electron chi connectivity index (χ0n) is 22.5. The summed E-state index contributed by atoms with van der Waals surface area (Å²) in [4.78, 5) is 41.4. The van der Waals surface area contributed by atoms with Crippen LogP contribution in [0.4, 0.5) is 16.2 Å². The number of benzene rings is 3. The molecule has 0 saturated carbocycles. The molecule has 0 saturated heterocycles. The van der Waals surface area contributed by atoms with Crippen LogP contribution in [0.3, 0.4) is 0 Å². The van der Waals surface area contributed by atoms with E-state index in [1.165, 1.54) is 7.11 Å². The number of rotatable bonds is 9. The highest BCUT2D eigenvalue weighted by Crippen LogP contribution is 2.39. The number of carbonyl (C=O) groups excluding carboxylic acids is 3. The van der Waals surface area contributed by atoms with Gasteiger partial charge < -0.3 is 29.9 Å². The highest BCUT2D eigenvalue weighted by molar-refractivity contribution is 6.37. The Labute approximate surface area is 228 Å². The number of carbonyl (C=O) groups is 3. The maximum absolute atomic E-state index is 13.2. The molecule has 0 radical (unpaired) electrons. The van der Waals surface area contributed by atoms with Gasteiger partial charge in [-0.3, -0.25) is 9.59 Å². The summed E-state index contributed by atoms with van der Waals surface area (Å²) in [7, 11) is 7.05. The van der Waals surface area contributed by atoms with E-state index in [1.807, 2.05) is 56.6 Å². The van der Waals surface area contributed by atoms with Crippen LogP contribution in [0.5, 0.6) is 5.75 Å². The Morgan fingerprint density at radius 2 is 1.62 bits per heavy atom. The van der Waals surface area contributed by atoms with Gasteiger partial charge in [0.2, 0.25) is 0 Å². The molecule has 2 N–H and O–H groups in total. The van der Waals surface area contributed by atoms with Crippen molar-refractivity contribution in [2.24, 2.45) is 0 Å². The normalized spacial score (nSPS) is 13.4. The first-order valence-electron chi connectivity index (χ1n) is 12.6. The maximum Gasteiger partial charge on any atom is 0.513 e. The number of hydrogen-bond donors (Lipinski definition) is 2. The van der Waals surface area contributed by atoms with Gasteiger partial charge >= 0.3 is 6.16 Å². The molecular weight excluding hydrogens is 496 g/mol. The quantitative estimate of drug-likeness (QED) is 0.234. The van der Waals surface area contributed by atoms with Crippen molar-refractivity contribution in [1.29, 1.82) is 0 Å². The van der Waals surface area contributed by atoms with Gasteiger partial charge in [-0.05, 0) is 69.0 Å². The monoisotopic (exact) mass is 528 g/mol. The Hall–Kier alpha value is -4.63. The Bertz CT molecular complexity index is 1380. The summed E-state index contributed by atoms with van der Waals surface area (Å²) >= 11 is 0. The summed E-state index contributed by atoms with van der Waals surface area (Å²) in [6, 6.07) is 21.6. The number of amides is 2. The molecule has 4 rings (SSSR count). The molecule has 0 fully saturated rings. The minimum Gasteiger partial charge on any atom is -0.437 e. The van der Waals surface area contributed by atoms with E-state index in [0.717, 1.165) is 24.2 Å². The van der Waals surface area contributed by atoms with Crippen LogP contribution in [0.25, 0.3) is 11.3 Å². The average Bonchev–Trinajstić information content (AvgIpc) is 3.26. The molecule has 1 aliphatic heterocycles. The molecule has 0 atom stereocenters. The Kier molecular flexibility index (Phi) is 8.63. The van der Waals surface area contributed by atoms with Crippen LogP contribution in [0.15, 0.2) is 72.8 Å². The number of methoxy groups -OCH3 is 1. The summed E-state index contributed by atoms with van der Waals surface area (Å²) in [5.41, 5.74) is 4.35. The van der Waals surface area contributed by atoms with E-state index in [-0.39, 0.29) is 17.6 Å². The van der Waals surface area contributed by atoms with Crippen molar-refractivity contribution in [2.45, 2.75) is 6.42 Å². The zero-order valence-corrected chi connectivity index (χ0v) is 22.5. The summed E-state index contributed by atoms with van der Waals surface area (Å²) in [5.74, 6) is -0.0861. The summed E-state index contributed by atoms with van der Waals surface area (Å²) in [6.07, 6.45) is 0.0475. The van der Waals surface area contributed by atoms with E-state index in [4.69, 9.17) is 4.74 Å². The van der Waals surface area contributed by atoms with Crippen molar-refractivity contribution in [3.63, 3.8) is 0 Å². The van der Waals surface area contributed by atoms with Crippen molar-refractivity contribution in [1.82, 2.24) is 9.80 Å². The predicted molar refractivity (Wildman–Crippen MR) is 152 cm³/mol. The number of nitrogens with zero attached hydrogens (tertiary/aromatic N) is 2. The molecule has 0 aromatic heterocycles. The van der Waals surface area contributed by atoms with Crippen LogP contribution in [-0.4, -0.2) is 69.1 Å². The third-order valence-corrected chi connectivity index (χ3v) is 6.26. The summed E-state index contributed by atoms with van der Waals surface area (Å²) in [6.45, 7) is 1.58. The Balaban J connectivity index is 1.62. The van der Waals surface area contributed by atoms with Gasteiger partial charge in [-0.15, -0.1) is 0 Å². The molecule has 39 heavy (non-hydrogen) atoms. The minimum absolute atomic E-state index is 0.0454. The lowest BCUT2D eigenvalue weighted by atomic mass is 10.00. The topological polar surface area (TPSA) is 100 Å². The van der Waals surface area contributed by atoms with Crippen molar-refractivity contribution in [3.8, 4) is 5.75 Å². The van der Waals surface area contributed by atoms with E-state index >= 15 is 0 Å². The molecule has 9 nitrogen and oxygen atoms in total. The van der Waals surface area contributed by atoms with Crippen molar-refractivity contribution >= 4 is 40.6 Å². The number of ether oxygens (including phenoxy) is 2. The van der Waals surface area contributed by atoms with Gasteiger partial charge in [0.1, 0.15) is 5.75 Å². The first-order valence-corrected chi connectivity index (χ1v) is 12.6. The molecule has 0 unspecified atom stereocenters. The summed E-state index contributed by atoms with van der Waals surface area (Å²) in [5, 5.41) is 6.24. The second kappa shape index (κ2) is 12.3. The number of nitrogens with one attached hydrogen (secondary N) is 2. The fourth-order valence-corrected chi connectivity index (χ4v) is 4.27. The molecule has 0 bridgehead atoms. The lowest BCUT2D eigenvalue weighted by Gasteiger charge is -2.19. The third kappa shape index (κ3) is 6.63. The van der Waals surface area contributed by atoms with Crippen LogP contribution in [-0.2, 0) is 9.53 Å². The lowest BCUT2D eigenvalue weighted by molar-refractivity contribution is -0.110. The van der Waals surface area contributed by atoms with Gasteiger partial charge in [0.05, 0.1) is 24.1 Å². The van der Waals surface area contributed by atoms with Crippen LogP contribution < -0.4 is 15.4 Å². The molecular formula is C30H32N4O5. The van der Waals surface area contributed by atoms with Crippen molar-refractivity contribution in [2.75, 3.05) is 52.0 Å². The zero-order chi connectivity index (χ0) is 27.9. The minimum atomic E-state index is -0.844. The average molecular weight is 529 g/mol. The molecule has 0 aliphatic carbocycles. The second-order valence-electron chi connectivity index (χ2n) is 9.42. The molecule has 0 spiro atoms. The third-order valence-electron chi connectivity index (χ3n) is 6.26. The van der Waals surface area contributed by atoms with Gasteiger partial charge in [-0.1, -0.05) is 30.3 Å². The Morgan fingerprint density at radius 3 is 2.28 bits per heavy atom. The van der Waals surface area contributed by atoms with Gasteiger partial charge in [-0.2, -0.15) is 0 Å². The summed E-state index contributed by atoms with van der Waals surface area (Å²) < 4.78 is 9.65. The SMILES string of the molecule is COC(=O)Oc1ccc2c(c1)NC(=O)/C2=C(\Nc1ccc(C(=O)N(C)CCCN(C)C)cc1)c1ccccc1. The van der Waals surface area contributed by atoms with Crippen LogP contribution >= 0.6 is 0 Å². The Morgan fingerprint density at radius 1 is 0.897 bits per heavy atom. The van der Waals surface area contributed by atoms with Crippen LogP contribution in [0.1, 0.15) is 27.9 Å². The molecule has 3 aromatic rings. The molecule has 1 heterocycles. The van der Waals surface area contributed by atoms with Gasteiger partial charge in [0.25, 0.3) is 11.8 Å². The standard InChI is InChI=1S/C30H32N4O5/c1-33(2)17-8-18-34(3)29(36)21-11-13-22(14-12-21)31-27(20-9-6-5-7-10-20)26-24-16-15-23(39-30(37)38-4)19-25(24)32-28(26)35/h5-7,9-16,19,31H,8,17-18H2,1-4H3,(H,32,35)/b27-26-. The van der Waals surface area contributed by atoms with E-state index in [1.54, 1.807) is 42.3 Å². The maximum atomic E-state index is 13.2. The fraction of sp³-hybridized carbons (Fsp3) is 0.233. The predicted octanol–water partition coefficient (Wildman–Crippen LogP) is 4.79. The molecule has 202 valence electrons. The molecule has 9 heteroatoms. The van der Waals surface area contributed by atoms with E-state index < -0.39 is 6.16 Å². The van der Waals surface area contributed by atoms with Crippen molar-refractivity contribution in [3.05, 3.63) is 89.5 Å². The smallest absolute Gasteiger partial charge is 0.437 e.